The molecule has 1 saturated carbocycles. The monoisotopic (exact) mass is 315 g/mol. The molecule has 1 aromatic carbocycles. The summed E-state index contributed by atoms with van der Waals surface area (Å²) in [4.78, 5) is 0.274. The highest BCUT2D eigenvalue weighted by Gasteiger charge is 2.31. The van der Waals surface area contributed by atoms with Crippen molar-refractivity contribution in [3.05, 3.63) is 29.3 Å². The maximum absolute atomic E-state index is 12.5. The summed E-state index contributed by atoms with van der Waals surface area (Å²) in [6.07, 6.45) is 5.04. The molecule has 0 saturated heterocycles. The van der Waals surface area contributed by atoms with E-state index in [1.807, 2.05) is 6.26 Å². The van der Waals surface area contributed by atoms with Crippen LogP contribution in [0.25, 0.3) is 0 Å². The van der Waals surface area contributed by atoms with Crippen LogP contribution in [0.15, 0.2) is 23.1 Å². The Kier molecular flexibility index (Phi) is 5.12. The second-order valence-electron chi connectivity index (χ2n) is 5.19. The van der Waals surface area contributed by atoms with Gasteiger partial charge in [-0.3, -0.25) is 0 Å². The van der Waals surface area contributed by atoms with Gasteiger partial charge in [-0.15, -0.1) is 0 Å². The van der Waals surface area contributed by atoms with Crippen LogP contribution < -0.4 is 4.72 Å². The van der Waals surface area contributed by atoms with E-state index in [1.54, 1.807) is 36.9 Å². The number of nitrogens with one attached hydrogen (secondary N) is 1. The van der Waals surface area contributed by atoms with Crippen LogP contribution in [-0.2, 0) is 16.6 Å². The zero-order chi connectivity index (χ0) is 14.8. The molecule has 2 N–H and O–H groups in total. The van der Waals surface area contributed by atoms with E-state index in [0.29, 0.717) is 16.4 Å². The second-order valence-corrected chi connectivity index (χ2v) is 7.95. The maximum atomic E-state index is 12.5. The molecule has 0 aliphatic heterocycles. The van der Waals surface area contributed by atoms with Gasteiger partial charge in [0.1, 0.15) is 0 Å². The lowest BCUT2D eigenvalue weighted by atomic mass is 10.2. The standard InChI is InChI=1S/C14H21NO3S2/c1-10-6-7-11(9-16)8-14(10)20(17,18)15-12-4-3-5-13(12)19-2/h6-8,12-13,15-16H,3-5,9H2,1-2H3. The minimum atomic E-state index is -3.52. The van der Waals surface area contributed by atoms with Gasteiger partial charge in [-0.1, -0.05) is 18.6 Å². The number of aliphatic hydroxyl groups excluding tert-OH is 1. The highest BCUT2D eigenvalue weighted by Crippen LogP contribution is 2.30. The van der Waals surface area contributed by atoms with Crippen LogP contribution in [0.5, 0.6) is 0 Å². The van der Waals surface area contributed by atoms with Crippen LogP contribution in [0.2, 0.25) is 0 Å². The molecule has 2 atom stereocenters. The molecule has 0 spiro atoms. The molecule has 4 nitrogen and oxygen atoms in total. The van der Waals surface area contributed by atoms with E-state index in [-0.39, 0.29) is 17.5 Å². The zero-order valence-electron chi connectivity index (χ0n) is 11.8. The summed E-state index contributed by atoms with van der Waals surface area (Å²) in [6.45, 7) is 1.62. The summed E-state index contributed by atoms with van der Waals surface area (Å²) < 4.78 is 27.9. The SMILES string of the molecule is CSC1CCCC1NS(=O)(=O)c1cc(CO)ccc1C. The molecule has 6 heteroatoms. The van der Waals surface area contributed by atoms with Crippen LogP contribution in [-0.4, -0.2) is 31.1 Å². The molecular formula is C14H21NO3S2. The summed E-state index contributed by atoms with van der Waals surface area (Å²) >= 11 is 1.72. The molecule has 2 rings (SSSR count). The Hall–Kier alpha value is -0.560. The van der Waals surface area contributed by atoms with E-state index >= 15 is 0 Å². The lowest BCUT2D eigenvalue weighted by Crippen LogP contribution is -2.38. The highest BCUT2D eigenvalue weighted by molar-refractivity contribution is 7.99. The molecule has 0 radical (unpaired) electrons. The first-order chi connectivity index (χ1) is 9.47. The highest BCUT2D eigenvalue weighted by atomic mass is 32.2. The van der Waals surface area contributed by atoms with Crippen molar-refractivity contribution in [3.8, 4) is 0 Å². The minimum absolute atomic E-state index is 0.00665. The number of sulfonamides is 1. The van der Waals surface area contributed by atoms with Gasteiger partial charge in [-0.25, -0.2) is 13.1 Å². The van der Waals surface area contributed by atoms with Crippen molar-refractivity contribution >= 4 is 21.8 Å². The smallest absolute Gasteiger partial charge is 0.241 e. The Bertz CT molecular complexity index is 572. The quantitative estimate of drug-likeness (QED) is 0.873. The van der Waals surface area contributed by atoms with Gasteiger partial charge in [0, 0.05) is 11.3 Å². The molecular weight excluding hydrogens is 294 g/mol. The van der Waals surface area contributed by atoms with Gasteiger partial charge in [0.25, 0.3) is 0 Å². The van der Waals surface area contributed by atoms with Gasteiger partial charge < -0.3 is 5.11 Å². The van der Waals surface area contributed by atoms with Crippen molar-refractivity contribution in [1.82, 2.24) is 4.72 Å². The van der Waals surface area contributed by atoms with Crippen molar-refractivity contribution in [1.29, 1.82) is 0 Å². The Balaban J connectivity index is 2.26. The summed E-state index contributed by atoms with van der Waals surface area (Å²) in [7, 11) is -3.52. The summed E-state index contributed by atoms with van der Waals surface area (Å²) in [6, 6.07) is 5.04. The molecule has 1 aliphatic rings. The van der Waals surface area contributed by atoms with E-state index in [2.05, 4.69) is 4.72 Å². The van der Waals surface area contributed by atoms with Crippen molar-refractivity contribution in [2.45, 2.75) is 49.0 Å². The predicted octanol–water partition coefficient (Wildman–Crippen LogP) is 2.05. The van der Waals surface area contributed by atoms with Crippen LogP contribution in [0.4, 0.5) is 0 Å². The van der Waals surface area contributed by atoms with Gasteiger partial charge in [0.2, 0.25) is 10.0 Å². The van der Waals surface area contributed by atoms with E-state index in [4.69, 9.17) is 5.11 Å². The summed E-state index contributed by atoms with van der Waals surface area (Å²) in [5, 5.41) is 9.52. The molecule has 2 unspecified atom stereocenters. The molecule has 0 amide bonds. The van der Waals surface area contributed by atoms with E-state index in [9.17, 15) is 8.42 Å². The lowest BCUT2D eigenvalue weighted by Gasteiger charge is -2.20. The van der Waals surface area contributed by atoms with Crippen LogP contribution >= 0.6 is 11.8 Å². The maximum Gasteiger partial charge on any atom is 0.241 e. The molecule has 20 heavy (non-hydrogen) atoms. The van der Waals surface area contributed by atoms with E-state index in [1.165, 1.54) is 0 Å². The fraction of sp³-hybridized carbons (Fsp3) is 0.571. The predicted molar refractivity (Wildman–Crippen MR) is 82.4 cm³/mol. The molecule has 1 aromatic rings. The Morgan fingerprint density at radius 3 is 2.80 bits per heavy atom. The van der Waals surface area contributed by atoms with Gasteiger partial charge in [-0.05, 0) is 43.2 Å². The van der Waals surface area contributed by atoms with Crippen molar-refractivity contribution < 1.29 is 13.5 Å². The van der Waals surface area contributed by atoms with Crippen LogP contribution in [0.1, 0.15) is 30.4 Å². The number of aryl methyl sites for hydroxylation is 1. The average Bonchev–Trinajstić information content (AvgIpc) is 2.85. The largest absolute Gasteiger partial charge is 0.392 e. The Morgan fingerprint density at radius 1 is 1.40 bits per heavy atom. The third kappa shape index (κ3) is 3.36. The minimum Gasteiger partial charge on any atom is -0.392 e. The summed E-state index contributed by atoms with van der Waals surface area (Å²) in [5.41, 5.74) is 1.32. The molecule has 0 aromatic heterocycles. The van der Waals surface area contributed by atoms with Crippen molar-refractivity contribution in [2.75, 3.05) is 6.26 Å². The first kappa shape index (κ1) is 15.8. The normalized spacial score (nSPS) is 23.1. The van der Waals surface area contributed by atoms with Gasteiger partial charge in [-0.2, -0.15) is 11.8 Å². The van der Waals surface area contributed by atoms with E-state index in [0.717, 1.165) is 19.3 Å². The zero-order valence-corrected chi connectivity index (χ0v) is 13.4. The number of benzene rings is 1. The van der Waals surface area contributed by atoms with Crippen LogP contribution in [0, 0.1) is 6.92 Å². The van der Waals surface area contributed by atoms with Gasteiger partial charge in [0.15, 0.2) is 0 Å². The fourth-order valence-electron chi connectivity index (χ4n) is 2.64. The summed E-state index contributed by atoms with van der Waals surface area (Å²) in [5.74, 6) is 0. The van der Waals surface area contributed by atoms with Gasteiger partial charge in [0.05, 0.1) is 11.5 Å². The molecule has 1 fully saturated rings. The Morgan fingerprint density at radius 2 is 2.15 bits per heavy atom. The van der Waals surface area contributed by atoms with Crippen LogP contribution in [0.3, 0.4) is 0 Å². The number of rotatable bonds is 5. The molecule has 0 bridgehead atoms. The third-order valence-corrected chi connectivity index (χ3v) is 6.59. The third-order valence-electron chi connectivity index (χ3n) is 3.79. The van der Waals surface area contributed by atoms with Crippen molar-refractivity contribution in [3.63, 3.8) is 0 Å². The molecule has 0 heterocycles. The topological polar surface area (TPSA) is 66.4 Å². The fourth-order valence-corrected chi connectivity index (χ4v) is 5.27. The molecule has 1 aliphatic carbocycles. The van der Waals surface area contributed by atoms with Crippen molar-refractivity contribution in [2.24, 2.45) is 0 Å². The average molecular weight is 315 g/mol. The number of aliphatic hydroxyl groups is 1. The van der Waals surface area contributed by atoms with E-state index < -0.39 is 10.0 Å². The van der Waals surface area contributed by atoms with Gasteiger partial charge >= 0.3 is 0 Å². The first-order valence-electron chi connectivity index (χ1n) is 6.73. The number of hydrogen-bond acceptors (Lipinski definition) is 4. The Labute approximate surface area is 125 Å². The number of hydrogen-bond donors (Lipinski definition) is 2. The lowest BCUT2D eigenvalue weighted by molar-refractivity contribution is 0.281. The first-order valence-corrected chi connectivity index (χ1v) is 9.50. The second kappa shape index (κ2) is 6.47. The molecule has 112 valence electrons. The number of thioether (sulfide) groups is 1.